The highest BCUT2D eigenvalue weighted by Crippen LogP contribution is 2.26. The summed E-state index contributed by atoms with van der Waals surface area (Å²) in [7, 11) is 1.55. The zero-order valence-electron chi connectivity index (χ0n) is 20.1. The molecule has 2 N–H and O–H groups in total. The molecule has 0 unspecified atom stereocenters. The highest BCUT2D eigenvalue weighted by atomic mass is 16.5. The average Bonchev–Trinajstić information content (AvgIpc) is 2.92. The molecule has 3 aromatic rings. The number of nitrogens with two attached hydrogens (primary N) is 1. The first-order valence-corrected chi connectivity index (χ1v) is 11.7. The number of hydrogen-bond acceptors (Lipinski definition) is 6. The van der Waals surface area contributed by atoms with Crippen LogP contribution in [0.15, 0.2) is 79.1 Å². The fraction of sp³-hybridized carbons (Fsp3) is 0.259. The van der Waals surface area contributed by atoms with Crippen LogP contribution in [0.5, 0.6) is 11.5 Å². The molecule has 0 aliphatic carbocycles. The summed E-state index contributed by atoms with van der Waals surface area (Å²) >= 11 is 0. The third kappa shape index (κ3) is 5.36. The number of anilines is 1. The predicted octanol–water partition coefficient (Wildman–Crippen LogP) is 3.40. The number of amides is 4. The average molecular weight is 490 g/mol. The van der Waals surface area contributed by atoms with Crippen LogP contribution < -0.4 is 20.1 Å². The van der Waals surface area contributed by atoms with Gasteiger partial charge in [0.1, 0.15) is 24.1 Å². The maximum Gasteiger partial charge on any atom is 0.421 e. The third-order valence-corrected chi connectivity index (χ3v) is 6.46. The Morgan fingerprint density at radius 1 is 0.944 bits per heavy atom. The second-order valence-electron chi connectivity index (χ2n) is 8.60. The maximum atomic E-state index is 13.7. The smallest absolute Gasteiger partial charge is 0.421 e. The minimum atomic E-state index is -0.729. The van der Waals surface area contributed by atoms with Crippen LogP contribution in [0.2, 0.25) is 0 Å². The number of urea groups is 1. The summed E-state index contributed by atoms with van der Waals surface area (Å²) < 4.78 is 10.6. The lowest BCUT2D eigenvalue weighted by molar-refractivity contribution is -0.779. The topological polar surface area (TPSA) is 112 Å². The van der Waals surface area contributed by atoms with E-state index in [9.17, 15) is 14.4 Å². The molecule has 2 aromatic carbocycles. The van der Waals surface area contributed by atoms with Gasteiger partial charge in [0.15, 0.2) is 0 Å². The van der Waals surface area contributed by atoms with Crippen molar-refractivity contribution in [3.63, 3.8) is 0 Å². The van der Waals surface area contributed by atoms with Gasteiger partial charge in [0.2, 0.25) is 0 Å². The van der Waals surface area contributed by atoms with Gasteiger partial charge >= 0.3 is 11.9 Å². The molecule has 9 nitrogen and oxygen atoms in total. The van der Waals surface area contributed by atoms with Crippen LogP contribution in [0.25, 0.3) is 0 Å². The number of para-hydroxylation sites is 1. The number of benzene rings is 2. The molecule has 0 bridgehead atoms. The molecule has 2 heterocycles. The van der Waals surface area contributed by atoms with E-state index in [-0.39, 0.29) is 31.6 Å². The van der Waals surface area contributed by atoms with E-state index in [4.69, 9.17) is 15.2 Å². The Labute approximate surface area is 209 Å². The number of carbonyl (C=O) groups is 3. The zero-order valence-corrected chi connectivity index (χ0v) is 20.1. The largest absolute Gasteiger partial charge is 0.497 e. The van der Waals surface area contributed by atoms with Crippen molar-refractivity contribution in [1.29, 1.82) is 0 Å². The normalized spacial score (nSPS) is 19.2. The number of imide groups is 1. The number of nitrogens with zero attached hydrogens (tertiary/aromatic N) is 3. The first-order chi connectivity index (χ1) is 17.4. The molecular formula is C27H29N4O5+. The van der Waals surface area contributed by atoms with E-state index in [0.717, 1.165) is 0 Å². The second kappa shape index (κ2) is 11.0. The summed E-state index contributed by atoms with van der Waals surface area (Å²) in [5.41, 5.74) is 6.72. The van der Waals surface area contributed by atoms with Crippen molar-refractivity contribution in [3.05, 3.63) is 84.7 Å². The van der Waals surface area contributed by atoms with Crippen LogP contribution in [-0.2, 0) is 4.79 Å². The number of likely N-dealkylation sites (tertiary alicyclic amines) is 1. The number of methoxy groups -OCH3 is 1. The zero-order chi connectivity index (χ0) is 25.5. The Morgan fingerprint density at radius 3 is 2.17 bits per heavy atom. The SMILES string of the molecule is COc1ccc(C(=O)N(CC(=O)[N+]2(C(N)=O)CCC(Oc3ccncc3)CC2)c2ccccc2)cc1. The van der Waals surface area contributed by atoms with E-state index in [0.29, 0.717) is 35.6 Å². The highest BCUT2D eigenvalue weighted by molar-refractivity contribution is 6.08. The summed E-state index contributed by atoms with van der Waals surface area (Å²) in [4.78, 5) is 45.1. The van der Waals surface area contributed by atoms with Gasteiger partial charge < -0.3 is 15.2 Å². The molecule has 36 heavy (non-hydrogen) atoms. The summed E-state index contributed by atoms with van der Waals surface area (Å²) in [6.07, 6.45) is 4.06. The molecule has 1 saturated heterocycles. The van der Waals surface area contributed by atoms with Crippen molar-refractivity contribution in [1.82, 2.24) is 4.98 Å². The number of pyridine rings is 1. The Balaban J connectivity index is 1.54. The minimum absolute atomic E-state index is 0.156. The molecule has 1 fully saturated rings. The van der Waals surface area contributed by atoms with Crippen LogP contribution in [0.3, 0.4) is 0 Å². The molecule has 9 heteroatoms. The molecule has 0 atom stereocenters. The summed E-state index contributed by atoms with van der Waals surface area (Å²) in [6.45, 7) is 0.0975. The number of primary amides is 1. The first kappa shape index (κ1) is 24.9. The van der Waals surface area contributed by atoms with Gasteiger partial charge in [-0.1, -0.05) is 18.2 Å². The van der Waals surface area contributed by atoms with Crippen molar-refractivity contribution in [2.75, 3.05) is 31.6 Å². The van der Waals surface area contributed by atoms with Crippen LogP contribution in [0.4, 0.5) is 10.5 Å². The van der Waals surface area contributed by atoms with Gasteiger partial charge in [0.05, 0.1) is 20.2 Å². The van der Waals surface area contributed by atoms with E-state index in [1.807, 2.05) is 6.07 Å². The lowest BCUT2D eigenvalue weighted by atomic mass is 10.0. The van der Waals surface area contributed by atoms with Crippen LogP contribution in [-0.4, -0.2) is 60.2 Å². The van der Waals surface area contributed by atoms with Gasteiger partial charge in [-0.3, -0.25) is 14.7 Å². The van der Waals surface area contributed by atoms with E-state index < -0.39 is 16.4 Å². The monoisotopic (exact) mass is 489 g/mol. The molecule has 1 aliphatic rings. The van der Waals surface area contributed by atoms with Crippen LogP contribution in [0, 0.1) is 0 Å². The molecule has 186 valence electrons. The van der Waals surface area contributed by atoms with E-state index in [1.54, 1.807) is 80.2 Å². The number of ether oxygens (including phenoxy) is 2. The summed E-state index contributed by atoms with van der Waals surface area (Å²) in [5.74, 6) is 0.496. The van der Waals surface area contributed by atoms with Crippen molar-refractivity contribution >= 4 is 23.5 Å². The van der Waals surface area contributed by atoms with Gasteiger partial charge in [-0.15, -0.1) is 0 Å². The molecule has 0 spiro atoms. The quantitative estimate of drug-likeness (QED) is 0.509. The van der Waals surface area contributed by atoms with Crippen molar-refractivity contribution < 1.29 is 28.3 Å². The predicted molar refractivity (Wildman–Crippen MR) is 134 cm³/mol. The Morgan fingerprint density at radius 2 is 1.58 bits per heavy atom. The highest BCUT2D eigenvalue weighted by Gasteiger charge is 2.47. The molecule has 0 radical (unpaired) electrons. The van der Waals surface area contributed by atoms with Crippen molar-refractivity contribution in [2.24, 2.45) is 5.73 Å². The second-order valence-corrected chi connectivity index (χ2v) is 8.60. The van der Waals surface area contributed by atoms with Gasteiger partial charge in [-0.2, -0.15) is 4.48 Å². The van der Waals surface area contributed by atoms with Crippen LogP contribution >= 0.6 is 0 Å². The molecule has 0 saturated carbocycles. The van der Waals surface area contributed by atoms with E-state index in [2.05, 4.69) is 4.98 Å². The fourth-order valence-corrected chi connectivity index (χ4v) is 4.35. The van der Waals surface area contributed by atoms with Gasteiger partial charge in [-0.25, -0.2) is 9.59 Å². The number of aromatic nitrogens is 1. The Bertz CT molecular complexity index is 1190. The lowest BCUT2D eigenvalue weighted by Crippen LogP contribution is -2.66. The standard InChI is InChI=1S/C27H28N4O5/c1-35-22-9-7-20(8-10-22)26(33)30(21-5-3-2-4-6-21)19-25(32)31(27(28)34)17-13-24(14-18-31)36-23-11-15-29-16-12-23/h2-12,15-16,24H,13-14,17-19H2,1H3,(H-,28,34)/p+1. The number of rotatable bonds is 7. The Hall–Kier alpha value is -4.24. The number of piperidine rings is 1. The molecule has 1 aromatic heterocycles. The van der Waals surface area contributed by atoms with Gasteiger partial charge in [0.25, 0.3) is 5.91 Å². The third-order valence-electron chi connectivity index (χ3n) is 6.46. The van der Waals surface area contributed by atoms with Gasteiger partial charge in [0, 0.05) is 36.5 Å². The molecule has 4 rings (SSSR count). The minimum Gasteiger partial charge on any atom is -0.497 e. The Kier molecular flexibility index (Phi) is 7.60. The molecular weight excluding hydrogens is 460 g/mol. The molecule has 4 amide bonds. The number of hydrogen-bond donors (Lipinski definition) is 1. The summed E-state index contributed by atoms with van der Waals surface area (Å²) in [6, 6.07) is 18.3. The number of quaternary nitrogens is 1. The lowest BCUT2D eigenvalue weighted by Gasteiger charge is -2.38. The molecule has 1 aliphatic heterocycles. The van der Waals surface area contributed by atoms with Crippen molar-refractivity contribution in [2.45, 2.75) is 18.9 Å². The first-order valence-electron chi connectivity index (χ1n) is 11.7. The fourth-order valence-electron chi connectivity index (χ4n) is 4.35. The maximum absolute atomic E-state index is 13.7. The number of carbonyl (C=O) groups excluding carboxylic acids is 3. The van der Waals surface area contributed by atoms with E-state index >= 15 is 0 Å². The summed E-state index contributed by atoms with van der Waals surface area (Å²) in [5, 5.41) is 0. The van der Waals surface area contributed by atoms with Crippen molar-refractivity contribution in [3.8, 4) is 11.5 Å². The van der Waals surface area contributed by atoms with Gasteiger partial charge in [-0.05, 0) is 48.5 Å². The van der Waals surface area contributed by atoms with E-state index in [1.165, 1.54) is 4.90 Å². The van der Waals surface area contributed by atoms with Crippen LogP contribution in [0.1, 0.15) is 23.2 Å².